The smallest absolute Gasteiger partial charge is 0.418 e. The average Bonchev–Trinajstić information content (AvgIpc) is 2.63. The Kier molecular flexibility index (Phi) is 4.21. The van der Waals surface area contributed by atoms with E-state index in [1.54, 1.807) is 4.57 Å². The van der Waals surface area contributed by atoms with Gasteiger partial charge >= 0.3 is 6.09 Å². The third kappa shape index (κ3) is 3.75. The number of hydrogen-bond donors (Lipinski definition) is 0. The lowest BCUT2D eigenvalue weighted by Crippen LogP contribution is -2.28. The quantitative estimate of drug-likeness (QED) is 0.814. The van der Waals surface area contributed by atoms with E-state index < -0.39 is 5.60 Å². The van der Waals surface area contributed by atoms with Crippen molar-refractivity contribution in [2.75, 3.05) is 0 Å². The number of aryl methyl sites for hydroxylation is 2. The first-order chi connectivity index (χ1) is 9.78. The molecule has 0 aliphatic heterocycles. The summed E-state index contributed by atoms with van der Waals surface area (Å²) < 4.78 is 7.21. The van der Waals surface area contributed by atoms with Crippen LogP contribution in [0.5, 0.6) is 0 Å². The molecular weight excluding hydrogens is 262 g/mol. The minimum absolute atomic E-state index is 0.306. The molecule has 0 radical (unpaired) electrons. The Morgan fingerprint density at radius 2 is 1.76 bits per heavy atom. The van der Waals surface area contributed by atoms with E-state index in [2.05, 4.69) is 12.1 Å². The first-order valence-electron chi connectivity index (χ1n) is 7.23. The Morgan fingerprint density at radius 3 is 2.33 bits per heavy atom. The molecule has 0 fully saturated rings. The van der Waals surface area contributed by atoms with E-state index in [0.717, 1.165) is 23.4 Å². The third-order valence-corrected chi connectivity index (χ3v) is 3.29. The van der Waals surface area contributed by atoms with Gasteiger partial charge in [-0.3, -0.25) is 4.57 Å². The maximum absolute atomic E-state index is 12.4. The standard InChI is InChI=1S/C18H23NO2/c1-13-11-14(2)19(17(20)21-18(3,4)5)16(13)12-15-9-7-6-8-10-15/h6-11H,12H2,1-5H3. The third-order valence-electron chi connectivity index (χ3n) is 3.29. The largest absolute Gasteiger partial charge is 0.443 e. The highest BCUT2D eigenvalue weighted by molar-refractivity contribution is 5.74. The summed E-state index contributed by atoms with van der Waals surface area (Å²) in [5, 5.41) is 0. The van der Waals surface area contributed by atoms with E-state index in [1.807, 2.05) is 58.9 Å². The first-order valence-corrected chi connectivity index (χ1v) is 7.23. The van der Waals surface area contributed by atoms with Crippen molar-refractivity contribution in [1.82, 2.24) is 4.57 Å². The van der Waals surface area contributed by atoms with Gasteiger partial charge in [0, 0.05) is 17.8 Å². The Labute approximate surface area is 126 Å². The van der Waals surface area contributed by atoms with E-state index >= 15 is 0 Å². The molecule has 3 nitrogen and oxygen atoms in total. The number of nitrogens with zero attached hydrogens (tertiary/aromatic N) is 1. The van der Waals surface area contributed by atoms with E-state index in [4.69, 9.17) is 4.74 Å². The van der Waals surface area contributed by atoms with Gasteiger partial charge in [-0.25, -0.2) is 4.79 Å². The molecule has 1 aromatic carbocycles. The lowest BCUT2D eigenvalue weighted by atomic mass is 10.1. The van der Waals surface area contributed by atoms with Crippen molar-refractivity contribution < 1.29 is 9.53 Å². The van der Waals surface area contributed by atoms with Crippen LogP contribution in [0.4, 0.5) is 4.79 Å². The van der Waals surface area contributed by atoms with Crippen molar-refractivity contribution in [2.24, 2.45) is 0 Å². The summed E-state index contributed by atoms with van der Waals surface area (Å²) >= 11 is 0. The normalized spacial score (nSPS) is 11.5. The average molecular weight is 285 g/mol. The van der Waals surface area contributed by atoms with Crippen molar-refractivity contribution in [3.63, 3.8) is 0 Å². The Morgan fingerprint density at radius 1 is 1.14 bits per heavy atom. The Hall–Kier alpha value is -2.03. The van der Waals surface area contributed by atoms with Gasteiger partial charge in [0.05, 0.1) is 0 Å². The van der Waals surface area contributed by atoms with Crippen LogP contribution in [0.15, 0.2) is 36.4 Å². The van der Waals surface area contributed by atoms with Crippen molar-refractivity contribution in [2.45, 2.75) is 46.6 Å². The minimum Gasteiger partial charge on any atom is -0.443 e. The lowest BCUT2D eigenvalue weighted by Gasteiger charge is -2.21. The molecule has 0 bridgehead atoms. The Balaban J connectivity index is 2.36. The number of ether oxygens (including phenoxy) is 1. The molecule has 2 aromatic rings. The fraction of sp³-hybridized carbons (Fsp3) is 0.389. The summed E-state index contributed by atoms with van der Waals surface area (Å²) in [5.41, 5.74) is 3.71. The molecule has 2 rings (SSSR count). The van der Waals surface area contributed by atoms with Crippen LogP contribution < -0.4 is 0 Å². The van der Waals surface area contributed by atoms with Gasteiger partial charge in [0.15, 0.2) is 0 Å². The zero-order chi connectivity index (χ0) is 15.6. The van der Waals surface area contributed by atoms with Crippen molar-refractivity contribution >= 4 is 6.09 Å². The summed E-state index contributed by atoms with van der Waals surface area (Å²) in [7, 11) is 0. The molecule has 0 N–H and O–H groups in total. The number of rotatable bonds is 2. The van der Waals surface area contributed by atoms with Crippen LogP contribution in [-0.2, 0) is 11.2 Å². The molecule has 21 heavy (non-hydrogen) atoms. The van der Waals surface area contributed by atoms with Gasteiger partial charge < -0.3 is 4.74 Å². The molecule has 3 heteroatoms. The molecule has 1 heterocycles. The van der Waals surface area contributed by atoms with Gasteiger partial charge in [0.1, 0.15) is 5.60 Å². The predicted octanol–water partition coefficient (Wildman–Crippen LogP) is 4.48. The molecule has 0 spiro atoms. The van der Waals surface area contributed by atoms with E-state index in [-0.39, 0.29) is 6.09 Å². The van der Waals surface area contributed by atoms with Crippen LogP contribution in [0.2, 0.25) is 0 Å². The van der Waals surface area contributed by atoms with Gasteiger partial charge in [0.2, 0.25) is 0 Å². The summed E-state index contributed by atoms with van der Waals surface area (Å²) in [5.74, 6) is 0. The zero-order valence-corrected chi connectivity index (χ0v) is 13.4. The predicted molar refractivity (Wildman–Crippen MR) is 84.8 cm³/mol. The van der Waals surface area contributed by atoms with Crippen molar-refractivity contribution in [3.8, 4) is 0 Å². The van der Waals surface area contributed by atoms with E-state index in [9.17, 15) is 4.79 Å². The fourth-order valence-corrected chi connectivity index (χ4v) is 2.42. The second kappa shape index (κ2) is 5.76. The summed E-state index contributed by atoms with van der Waals surface area (Å²) in [4.78, 5) is 12.4. The highest BCUT2D eigenvalue weighted by atomic mass is 16.6. The van der Waals surface area contributed by atoms with Crippen LogP contribution in [0, 0.1) is 13.8 Å². The molecule has 0 atom stereocenters. The second-order valence-corrected chi connectivity index (χ2v) is 6.39. The van der Waals surface area contributed by atoms with Gasteiger partial charge in [-0.2, -0.15) is 0 Å². The van der Waals surface area contributed by atoms with Crippen LogP contribution in [0.1, 0.15) is 43.3 Å². The van der Waals surface area contributed by atoms with Crippen LogP contribution in [0.3, 0.4) is 0 Å². The molecule has 112 valence electrons. The molecule has 0 aliphatic rings. The van der Waals surface area contributed by atoms with Gasteiger partial charge in [-0.1, -0.05) is 30.3 Å². The number of benzene rings is 1. The maximum atomic E-state index is 12.4. The van der Waals surface area contributed by atoms with Crippen molar-refractivity contribution in [3.05, 3.63) is 58.9 Å². The molecule has 0 saturated heterocycles. The van der Waals surface area contributed by atoms with Crippen molar-refractivity contribution in [1.29, 1.82) is 0 Å². The van der Waals surface area contributed by atoms with Gasteiger partial charge in [-0.15, -0.1) is 0 Å². The SMILES string of the molecule is Cc1cc(C)n(C(=O)OC(C)(C)C)c1Cc1ccccc1. The summed E-state index contributed by atoms with van der Waals surface area (Å²) in [6, 6.07) is 12.2. The molecule has 0 saturated carbocycles. The molecule has 0 aliphatic carbocycles. The first kappa shape index (κ1) is 15.4. The van der Waals surface area contributed by atoms with Gasteiger partial charge in [0.25, 0.3) is 0 Å². The van der Waals surface area contributed by atoms with E-state index in [1.165, 1.54) is 5.56 Å². The number of carbonyl (C=O) groups excluding carboxylic acids is 1. The monoisotopic (exact) mass is 285 g/mol. The number of aromatic nitrogens is 1. The van der Waals surface area contributed by atoms with Crippen LogP contribution >= 0.6 is 0 Å². The topological polar surface area (TPSA) is 31.2 Å². The summed E-state index contributed by atoms with van der Waals surface area (Å²) in [6.45, 7) is 9.62. The minimum atomic E-state index is -0.494. The molecule has 0 amide bonds. The highest BCUT2D eigenvalue weighted by Gasteiger charge is 2.22. The van der Waals surface area contributed by atoms with E-state index in [0.29, 0.717) is 0 Å². The van der Waals surface area contributed by atoms with Crippen LogP contribution in [0.25, 0.3) is 0 Å². The van der Waals surface area contributed by atoms with Crippen LogP contribution in [-0.4, -0.2) is 16.3 Å². The lowest BCUT2D eigenvalue weighted by molar-refractivity contribution is 0.0530. The highest BCUT2D eigenvalue weighted by Crippen LogP contribution is 2.21. The molecule has 1 aromatic heterocycles. The molecule has 0 unspecified atom stereocenters. The number of hydrogen-bond acceptors (Lipinski definition) is 2. The fourth-order valence-electron chi connectivity index (χ4n) is 2.42. The van der Waals surface area contributed by atoms with Gasteiger partial charge in [-0.05, 0) is 51.8 Å². The Bertz CT molecular complexity index is 633. The maximum Gasteiger partial charge on any atom is 0.418 e. The number of carbonyl (C=O) groups is 1. The summed E-state index contributed by atoms with van der Waals surface area (Å²) in [6.07, 6.45) is 0.416. The second-order valence-electron chi connectivity index (χ2n) is 6.39. The molecular formula is C18H23NO2. The zero-order valence-electron chi connectivity index (χ0n) is 13.4.